The zero-order valence-corrected chi connectivity index (χ0v) is 9.89. The van der Waals surface area contributed by atoms with Gasteiger partial charge in [0.15, 0.2) is 0 Å². The molecule has 0 unspecified atom stereocenters. The van der Waals surface area contributed by atoms with Crippen molar-refractivity contribution in [3.05, 3.63) is 30.0 Å². The monoisotopic (exact) mass is 250 g/mol. The molecular weight excluding hydrogens is 240 g/mol. The van der Waals surface area contributed by atoms with Crippen LogP contribution in [0.3, 0.4) is 0 Å². The summed E-state index contributed by atoms with van der Waals surface area (Å²) < 4.78 is 6.50. The van der Waals surface area contributed by atoms with Crippen molar-refractivity contribution < 1.29 is 4.74 Å². The number of thiocarbonyl (C=S) groups is 1. The second-order valence-corrected chi connectivity index (χ2v) is 3.64. The molecule has 0 spiro atoms. The highest BCUT2D eigenvalue weighted by Crippen LogP contribution is 2.04. The molecule has 2 heterocycles. The van der Waals surface area contributed by atoms with Crippen LogP contribution in [0.25, 0.3) is 0 Å². The lowest BCUT2D eigenvalue weighted by Crippen LogP contribution is -2.12. The number of methoxy groups -OCH3 is 1. The van der Waals surface area contributed by atoms with Gasteiger partial charge < -0.3 is 10.5 Å². The SMILES string of the molecule is COc1ccc(Cn2cnc(C(N)=S)n2)nn1. The molecule has 0 aliphatic rings. The summed E-state index contributed by atoms with van der Waals surface area (Å²) in [5.74, 6) is 0.817. The first-order valence-electron chi connectivity index (χ1n) is 4.75. The summed E-state index contributed by atoms with van der Waals surface area (Å²) in [6.45, 7) is 0.451. The van der Waals surface area contributed by atoms with Crippen LogP contribution in [0, 0.1) is 0 Å². The Labute approximate surface area is 103 Å². The van der Waals surface area contributed by atoms with Crippen molar-refractivity contribution in [2.24, 2.45) is 5.73 Å². The van der Waals surface area contributed by atoms with Crippen LogP contribution < -0.4 is 10.5 Å². The minimum atomic E-state index is 0.171. The molecular formula is C9H10N6OS. The predicted molar refractivity (Wildman–Crippen MR) is 63.6 cm³/mol. The molecule has 0 aliphatic carbocycles. The average molecular weight is 250 g/mol. The summed E-state index contributed by atoms with van der Waals surface area (Å²) in [7, 11) is 1.54. The molecule has 2 aromatic heterocycles. The van der Waals surface area contributed by atoms with Gasteiger partial charge >= 0.3 is 0 Å². The molecule has 88 valence electrons. The largest absolute Gasteiger partial charge is 0.480 e. The standard InChI is InChI=1S/C9H10N6OS/c1-16-7-3-2-6(12-13-7)4-15-5-11-9(14-15)8(10)17/h2-3,5H,4H2,1H3,(H2,10,17). The fourth-order valence-corrected chi connectivity index (χ4v) is 1.28. The molecule has 2 rings (SSSR count). The Hall–Kier alpha value is -2.09. The third-order valence-corrected chi connectivity index (χ3v) is 2.17. The lowest BCUT2D eigenvalue weighted by atomic mass is 10.4. The second-order valence-electron chi connectivity index (χ2n) is 3.20. The molecule has 0 amide bonds. The molecule has 0 fully saturated rings. The van der Waals surface area contributed by atoms with Gasteiger partial charge in [-0.25, -0.2) is 9.67 Å². The van der Waals surface area contributed by atoms with E-state index in [9.17, 15) is 0 Å². The summed E-state index contributed by atoms with van der Waals surface area (Å²) in [6, 6.07) is 3.53. The van der Waals surface area contributed by atoms with Crippen LogP contribution in [0.5, 0.6) is 5.88 Å². The highest BCUT2D eigenvalue weighted by Gasteiger charge is 2.05. The number of ether oxygens (including phenoxy) is 1. The van der Waals surface area contributed by atoms with Crippen molar-refractivity contribution in [2.45, 2.75) is 6.54 Å². The molecule has 2 aromatic rings. The predicted octanol–water partition coefficient (Wildman–Crippen LogP) is -0.241. The van der Waals surface area contributed by atoms with Gasteiger partial charge in [0.1, 0.15) is 11.3 Å². The topological polar surface area (TPSA) is 91.7 Å². The van der Waals surface area contributed by atoms with Gasteiger partial charge in [-0.05, 0) is 6.07 Å². The summed E-state index contributed by atoms with van der Waals surface area (Å²) in [5, 5.41) is 11.9. The second kappa shape index (κ2) is 4.83. The summed E-state index contributed by atoms with van der Waals surface area (Å²) in [6.07, 6.45) is 1.54. The van der Waals surface area contributed by atoms with Crippen LogP contribution in [0.4, 0.5) is 0 Å². The molecule has 0 atom stereocenters. The Morgan fingerprint density at radius 2 is 2.29 bits per heavy atom. The van der Waals surface area contributed by atoms with Crippen molar-refractivity contribution in [2.75, 3.05) is 7.11 Å². The summed E-state index contributed by atoms with van der Waals surface area (Å²) in [4.78, 5) is 4.13. The third-order valence-electron chi connectivity index (χ3n) is 1.99. The van der Waals surface area contributed by atoms with Gasteiger partial charge in [0.05, 0.1) is 19.3 Å². The smallest absolute Gasteiger partial charge is 0.233 e. The molecule has 17 heavy (non-hydrogen) atoms. The lowest BCUT2D eigenvalue weighted by Gasteiger charge is -2.00. The lowest BCUT2D eigenvalue weighted by molar-refractivity contribution is 0.390. The van der Waals surface area contributed by atoms with Gasteiger partial charge in [-0.1, -0.05) is 12.2 Å². The van der Waals surface area contributed by atoms with E-state index in [0.29, 0.717) is 18.2 Å². The van der Waals surface area contributed by atoms with Gasteiger partial charge in [0.25, 0.3) is 0 Å². The van der Waals surface area contributed by atoms with E-state index >= 15 is 0 Å². The maximum atomic E-state index is 5.41. The molecule has 0 bridgehead atoms. The van der Waals surface area contributed by atoms with Crippen molar-refractivity contribution in [1.82, 2.24) is 25.0 Å². The van der Waals surface area contributed by atoms with E-state index in [1.165, 1.54) is 7.11 Å². The van der Waals surface area contributed by atoms with E-state index in [0.717, 1.165) is 5.69 Å². The van der Waals surface area contributed by atoms with Gasteiger partial charge in [-0.2, -0.15) is 0 Å². The number of nitrogens with two attached hydrogens (primary N) is 1. The first-order valence-corrected chi connectivity index (χ1v) is 5.15. The van der Waals surface area contributed by atoms with Crippen LogP contribution in [0.1, 0.15) is 11.5 Å². The molecule has 0 saturated heterocycles. The number of rotatable bonds is 4. The van der Waals surface area contributed by atoms with E-state index < -0.39 is 0 Å². The van der Waals surface area contributed by atoms with E-state index in [-0.39, 0.29) is 4.99 Å². The van der Waals surface area contributed by atoms with Crippen molar-refractivity contribution in [3.8, 4) is 5.88 Å². The maximum Gasteiger partial charge on any atom is 0.233 e. The molecule has 0 aromatic carbocycles. The molecule has 0 saturated carbocycles. The normalized spacial score (nSPS) is 10.2. The fourth-order valence-electron chi connectivity index (χ4n) is 1.19. The minimum Gasteiger partial charge on any atom is -0.480 e. The first-order chi connectivity index (χ1) is 8.19. The van der Waals surface area contributed by atoms with Crippen LogP contribution in [-0.4, -0.2) is 37.1 Å². The summed E-state index contributed by atoms with van der Waals surface area (Å²) in [5.41, 5.74) is 6.15. The Balaban J connectivity index is 2.11. The maximum absolute atomic E-state index is 5.41. The molecule has 0 radical (unpaired) electrons. The Morgan fingerprint density at radius 3 is 2.82 bits per heavy atom. The molecule has 2 N–H and O–H groups in total. The average Bonchev–Trinajstić information content (AvgIpc) is 2.79. The van der Waals surface area contributed by atoms with E-state index in [1.807, 2.05) is 0 Å². The van der Waals surface area contributed by atoms with Crippen molar-refractivity contribution in [1.29, 1.82) is 0 Å². The van der Waals surface area contributed by atoms with Crippen LogP contribution >= 0.6 is 12.2 Å². The Bertz CT molecular complexity index is 523. The summed E-state index contributed by atoms with van der Waals surface area (Å²) >= 11 is 4.77. The van der Waals surface area contributed by atoms with Crippen molar-refractivity contribution in [3.63, 3.8) is 0 Å². The van der Waals surface area contributed by atoms with E-state index in [4.69, 9.17) is 22.7 Å². The molecule has 8 heteroatoms. The van der Waals surface area contributed by atoms with Crippen molar-refractivity contribution >= 4 is 17.2 Å². The van der Waals surface area contributed by atoms with E-state index in [2.05, 4.69) is 20.3 Å². The Morgan fingerprint density at radius 1 is 1.47 bits per heavy atom. The minimum absolute atomic E-state index is 0.171. The van der Waals surface area contributed by atoms with Gasteiger partial charge in [-0.3, -0.25) is 0 Å². The van der Waals surface area contributed by atoms with E-state index in [1.54, 1.807) is 23.1 Å². The first kappa shape index (κ1) is 11.4. The van der Waals surface area contributed by atoms with Gasteiger partial charge in [-0.15, -0.1) is 15.3 Å². The highest BCUT2D eigenvalue weighted by molar-refractivity contribution is 7.80. The molecule has 7 nitrogen and oxygen atoms in total. The van der Waals surface area contributed by atoms with Gasteiger partial charge in [0.2, 0.25) is 11.7 Å². The zero-order chi connectivity index (χ0) is 12.3. The van der Waals surface area contributed by atoms with Gasteiger partial charge in [0, 0.05) is 6.07 Å². The number of aromatic nitrogens is 5. The Kier molecular flexibility index (Phi) is 3.24. The zero-order valence-electron chi connectivity index (χ0n) is 9.07. The number of nitrogens with zero attached hydrogens (tertiary/aromatic N) is 5. The van der Waals surface area contributed by atoms with Crippen LogP contribution in [0.15, 0.2) is 18.5 Å². The number of hydrogen-bond donors (Lipinski definition) is 1. The van der Waals surface area contributed by atoms with Crippen LogP contribution in [-0.2, 0) is 6.54 Å². The third kappa shape index (κ3) is 2.72. The fraction of sp³-hybridized carbons (Fsp3) is 0.222. The highest BCUT2D eigenvalue weighted by atomic mass is 32.1. The molecule has 0 aliphatic heterocycles. The quantitative estimate of drug-likeness (QED) is 0.748. The number of hydrogen-bond acceptors (Lipinski definition) is 6. The van der Waals surface area contributed by atoms with Crippen LogP contribution in [0.2, 0.25) is 0 Å².